The molecule has 0 radical (unpaired) electrons. The number of alkyl halides is 3. The van der Waals surface area contributed by atoms with Crippen molar-refractivity contribution in [1.29, 1.82) is 0 Å². The standard InChI is InChI=1S/C13H10F3N3O5/c14-13(15,16)12(20)17-4-6-1-7(5-17)9-3-11(19(23)24)10(18(21)22)2-8(6)9/h2-3,6-7H,1,4-5H2/t6-,7+. The molecule has 0 aromatic heterocycles. The van der Waals surface area contributed by atoms with Crippen molar-refractivity contribution in [3.63, 3.8) is 0 Å². The lowest BCUT2D eigenvalue weighted by atomic mass is 9.95. The van der Waals surface area contributed by atoms with Crippen molar-refractivity contribution in [3.05, 3.63) is 43.5 Å². The number of hydrogen-bond acceptors (Lipinski definition) is 5. The van der Waals surface area contributed by atoms with E-state index in [0.29, 0.717) is 22.4 Å². The highest BCUT2D eigenvalue weighted by Gasteiger charge is 2.48. The van der Waals surface area contributed by atoms with Crippen molar-refractivity contribution in [2.45, 2.75) is 24.4 Å². The van der Waals surface area contributed by atoms with Crippen LogP contribution in [0, 0.1) is 20.2 Å². The van der Waals surface area contributed by atoms with E-state index in [4.69, 9.17) is 0 Å². The molecule has 0 saturated carbocycles. The van der Waals surface area contributed by atoms with Crippen LogP contribution in [0.1, 0.15) is 29.4 Å². The second-order valence-electron chi connectivity index (χ2n) is 5.82. The first-order chi connectivity index (χ1) is 11.1. The summed E-state index contributed by atoms with van der Waals surface area (Å²) in [5, 5.41) is 22.0. The predicted molar refractivity (Wildman–Crippen MR) is 72.5 cm³/mol. The van der Waals surface area contributed by atoms with Crippen molar-refractivity contribution in [1.82, 2.24) is 4.90 Å². The summed E-state index contributed by atoms with van der Waals surface area (Å²) in [6.45, 7) is -0.423. The van der Waals surface area contributed by atoms with E-state index in [1.54, 1.807) is 0 Å². The second kappa shape index (κ2) is 5.14. The van der Waals surface area contributed by atoms with Crippen LogP contribution in [-0.2, 0) is 4.79 Å². The Morgan fingerprint density at radius 2 is 1.46 bits per heavy atom. The largest absolute Gasteiger partial charge is 0.471 e. The molecular formula is C13H10F3N3O5. The van der Waals surface area contributed by atoms with Crippen molar-refractivity contribution >= 4 is 17.3 Å². The van der Waals surface area contributed by atoms with Gasteiger partial charge in [-0.1, -0.05) is 0 Å². The Morgan fingerprint density at radius 3 is 1.79 bits per heavy atom. The highest BCUT2D eigenvalue weighted by molar-refractivity contribution is 5.82. The molecule has 0 N–H and O–H groups in total. The number of nitro benzene ring substituents is 2. The molecule has 0 spiro atoms. The Morgan fingerprint density at radius 1 is 1.04 bits per heavy atom. The number of halogens is 3. The maximum Gasteiger partial charge on any atom is 0.471 e. The van der Waals surface area contributed by atoms with Gasteiger partial charge in [-0.25, -0.2) is 0 Å². The summed E-state index contributed by atoms with van der Waals surface area (Å²) in [4.78, 5) is 32.3. The number of likely N-dealkylation sites (tertiary alicyclic amines) is 1. The molecule has 24 heavy (non-hydrogen) atoms. The van der Waals surface area contributed by atoms with E-state index in [2.05, 4.69) is 0 Å². The first kappa shape index (κ1) is 16.1. The van der Waals surface area contributed by atoms with Gasteiger partial charge >= 0.3 is 23.5 Å². The minimum Gasteiger partial charge on any atom is -0.334 e. The van der Waals surface area contributed by atoms with Crippen LogP contribution in [0.4, 0.5) is 24.5 Å². The van der Waals surface area contributed by atoms with E-state index < -0.39 is 45.1 Å². The quantitative estimate of drug-likeness (QED) is 0.604. The number of carbonyl (C=O) groups is 1. The average Bonchev–Trinajstić information content (AvgIpc) is 2.74. The molecule has 1 aliphatic heterocycles. The van der Waals surface area contributed by atoms with Gasteiger partial charge in [0.05, 0.1) is 9.85 Å². The van der Waals surface area contributed by atoms with Gasteiger partial charge in [0.25, 0.3) is 0 Å². The molecule has 1 amide bonds. The second-order valence-corrected chi connectivity index (χ2v) is 5.82. The highest BCUT2D eigenvalue weighted by Crippen LogP contribution is 2.49. The Bertz CT molecular complexity index is 715. The molecule has 0 unspecified atom stereocenters. The van der Waals surface area contributed by atoms with Gasteiger partial charge in [-0.3, -0.25) is 25.0 Å². The zero-order valence-electron chi connectivity index (χ0n) is 11.9. The van der Waals surface area contributed by atoms with Gasteiger partial charge in [0, 0.05) is 37.1 Å². The zero-order chi connectivity index (χ0) is 17.8. The summed E-state index contributed by atoms with van der Waals surface area (Å²) >= 11 is 0. The summed E-state index contributed by atoms with van der Waals surface area (Å²) < 4.78 is 37.8. The first-order valence-electron chi connectivity index (χ1n) is 6.92. The summed E-state index contributed by atoms with van der Waals surface area (Å²) in [6.07, 6.45) is -4.59. The van der Waals surface area contributed by atoms with Crippen molar-refractivity contribution in [2.75, 3.05) is 13.1 Å². The van der Waals surface area contributed by atoms with Gasteiger partial charge in [-0.2, -0.15) is 13.2 Å². The Hall–Kier alpha value is -2.72. The van der Waals surface area contributed by atoms with E-state index in [0.717, 1.165) is 12.1 Å². The molecule has 1 saturated heterocycles. The Labute approximate surface area is 132 Å². The monoisotopic (exact) mass is 345 g/mol. The normalized spacial score (nSPS) is 22.2. The third-order valence-electron chi connectivity index (χ3n) is 4.43. The van der Waals surface area contributed by atoms with E-state index in [1.807, 2.05) is 0 Å². The topological polar surface area (TPSA) is 107 Å². The van der Waals surface area contributed by atoms with E-state index in [9.17, 15) is 38.2 Å². The molecule has 8 nitrogen and oxygen atoms in total. The molecule has 1 heterocycles. The Kier molecular flexibility index (Phi) is 3.46. The molecule has 2 aliphatic rings. The number of nitro groups is 2. The van der Waals surface area contributed by atoms with Crippen molar-refractivity contribution < 1.29 is 27.8 Å². The lowest BCUT2D eigenvalue weighted by molar-refractivity contribution is -0.422. The van der Waals surface area contributed by atoms with Gasteiger partial charge in [0.1, 0.15) is 0 Å². The molecule has 2 atom stereocenters. The number of rotatable bonds is 2. The maximum atomic E-state index is 12.6. The third-order valence-corrected chi connectivity index (χ3v) is 4.43. The fraction of sp³-hybridized carbons (Fsp3) is 0.462. The van der Waals surface area contributed by atoms with Crippen LogP contribution in [-0.4, -0.2) is 39.9 Å². The van der Waals surface area contributed by atoms with Crippen LogP contribution < -0.4 is 0 Å². The van der Waals surface area contributed by atoms with E-state index >= 15 is 0 Å². The lowest BCUT2D eigenvalue weighted by Gasteiger charge is -2.32. The number of hydrogen-bond donors (Lipinski definition) is 0. The van der Waals surface area contributed by atoms with E-state index in [1.165, 1.54) is 0 Å². The zero-order valence-corrected chi connectivity index (χ0v) is 11.9. The summed E-state index contributed by atoms with van der Waals surface area (Å²) in [7, 11) is 0. The number of carbonyl (C=O) groups excluding carboxylic acids is 1. The molecular weight excluding hydrogens is 335 g/mol. The minimum absolute atomic E-state index is 0.211. The first-order valence-corrected chi connectivity index (χ1v) is 6.92. The molecule has 11 heteroatoms. The number of piperidine rings is 1. The smallest absolute Gasteiger partial charge is 0.334 e. The van der Waals surface area contributed by atoms with Gasteiger partial charge < -0.3 is 4.90 Å². The van der Waals surface area contributed by atoms with Gasteiger partial charge in [0.2, 0.25) is 0 Å². The minimum atomic E-state index is -5.00. The van der Waals surface area contributed by atoms with Crippen molar-refractivity contribution in [2.24, 2.45) is 0 Å². The molecule has 1 aromatic rings. The van der Waals surface area contributed by atoms with Crippen LogP contribution in [0.25, 0.3) is 0 Å². The van der Waals surface area contributed by atoms with Crippen LogP contribution in [0.3, 0.4) is 0 Å². The lowest BCUT2D eigenvalue weighted by Crippen LogP contribution is -2.46. The summed E-state index contributed by atoms with van der Waals surface area (Å²) in [5.74, 6) is -2.96. The number of benzene rings is 1. The molecule has 1 fully saturated rings. The fourth-order valence-electron chi connectivity index (χ4n) is 3.50. The van der Waals surface area contributed by atoms with Crippen LogP contribution in [0.2, 0.25) is 0 Å². The highest BCUT2D eigenvalue weighted by atomic mass is 19.4. The summed E-state index contributed by atoms with van der Waals surface area (Å²) in [5.41, 5.74) is -0.565. The van der Waals surface area contributed by atoms with Gasteiger partial charge in [-0.05, 0) is 17.5 Å². The van der Waals surface area contributed by atoms with Crippen LogP contribution in [0.15, 0.2) is 12.1 Å². The molecule has 1 aliphatic carbocycles. The molecule has 1 aromatic carbocycles. The molecule has 128 valence electrons. The third kappa shape index (κ3) is 2.45. The predicted octanol–water partition coefficient (Wildman–Crippen LogP) is 2.48. The maximum absolute atomic E-state index is 12.6. The van der Waals surface area contributed by atoms with Gasteiger partial charge in [0.15, 0.2) is 0 Å². The SMILES string of the molecule is O=C(N1C[C@H]2C[C@@H](C1)c1cc([N+](=O)[O-])c([N+](=O)[O-])cc12)C(F)(F)F. The Balaban J connectivity index is 2.01. The van der Waals surface area contributed by atoms with E-state index in [-0.39, 0.29) is 13.1 Å². The number of fused-ring (bicyclic) bond motifs is 5. The molecule has 2 bridgehead atoms. The van der Waals surface area contributed by atoms with Crippen LogP contribution >= 0.6 is 0 Å². The van der Waals surface area contributed by atoms with Crippen LogP contribution in [0.5, 0.6) is 0 Å². The number of nitrogens with zero attached hydrogens (tertiary/aromatic N) is 3. The molecule has 3 rings (SSSR count). The fourth-order valence-corrected chi connectivity index (χ4v) is 3.50. The summed E-state index contributed by atoms with van der Waals surface area (Å²) in [6, 6.07) is 2.11. The van der Waals surface area contributed by atoms with Gasteiger partial charge in [-0.15, -0.1) is 0 Å². The average molecular weight is 345 g/mol. The van der Waals surface area contributed by atoms with Crippen molar-refractivity contribution in [3.8, 4) is 0 Å². The number of amides is 1.